The quantitative estimate of drug-likeness (QED) is 0.114. The van der Waals surface area contributed by atoms with E-state index in [1.807, 2.05) is 34.9 Å². The number of carbonyl (C=O) groups is 1. The highest BCUT2D eigenvalue weighted by Crippen LogP contribution is 2.27. The molecule has 5 rings (SSSR count). The number of hydrogen-bond acceptors (Lipinski definition) is 9. The van der Waals surface area contributed by atoms with Crippen LogP contribution in [0.4, 0.5) is 11.6 Å². The number of aromatic nitrogens is 3. The van der Waals surface area contributed by atoms with E-state index in [1.165, 1.54) is 18.2 Å². The molecular formula is C28H22N6O5. The van der Waals surface area contributed by atoms with Crippen molar-refractivity contribution in [2.24, 2.45) is 0 Å². The molecule has 4 aromatic rings. The van der Waals surface area contributed by atoms with E-state index in [1.54, 1.807) is 30.3 Å². The average molecular weight is 523 g/mol. The van der Waals surface area contributed by atoms with Crippen LogP contribution in [0.3, 0.4) is 0 Å². The van der Waals surface area contributed by atoms with Crippen LogP contribution >= 0.6 is 0 Å². The smallest absolute Gasteiger partial charge is 0.343 e. The minimum absolute atomic E-state index is 0.0660. The molecular weight excluding hydrogens is 500 g/mol. The monoisotopic (exact) mass is 522 g/mol. The van der Waals surface area contributed by atoms with Gasteiger partial charge in [-0.15, -0.1) is 10.2 Å². The second-order valence-electron chi connectivity index (χ2n) is 8.53. The van der Waals surface area contributed by atoms with Crippen molar-refractivity contribution in [1.29, 1.82) is 5.26 Å². The summed E-state index contributed by atoms with van der Waals surface area (Å²) in [5.74, 6) is 0.561. The van der Waals surface area contributed by atoms with Gasteiger partial charge in [-0.2, -0.15) is 5.26 Å². The number of nitrogens with zero attached hydrogens (tertiary/aromatic N) is 6. The number of morpholine rings is 1. The number of allylic oxidation sites excluding steroid dienone is 1. The van der Waals surface area contributed by atoms with Crippen molar-refractivity contribution >= 4 is 29.3 Å². The molecule has 0 radical (unpaired) electrons. The molecule has 1 aliphatic rings. The number of hydrogen-bond donors (Lipinski definition) is 0. The Morgan fingerprint density at radius 1 is 1.03 bits per heavy atom. The molecule has 1 aliphatic heterocycles. The largest absolute Gasteiger partial charge is 0.423 e. The molecule has 194 valence electrons. The summed E-state index contributed by atoms with van der Waals surface area (Å²) in [6.45, 7) is 2.48. The van der Waals surface area contributed by atoms with E-state index in [-0.39, 0.29) is 17.0 Å². The molecule has 0 amide bonds. The predicted octanol–water partition coefficient (Wildman–Crippen LogP) is 4.30. The predicted molar refractivity (Wildman–Crippen MR) is 142 cm³/mol. The Hall–Kier alpha value is -5.34. The highest BCUT2D eigenvalue weighted by atomic mass is 16.6. The van der Waals surface area contributed by atoms with Gasteiger partial charge in [-0.05, 0) is 42.0 Å². The molecule has 39 heavy (non-hydrogen) atoms. The summed E-state index contributed by atoms with van der Waals surface area (Å²) in [4.78, 5) is 24.9. The number of para-hydroxylation sites is 1. The summed E-state index contributed by atoms with van der Waals surface area (Å²) >= 11 is 0. The molecule has 0 bridgehead atoms. The number of nitriles is 1. The van der Waals surface area contributed by atoms with Crippen molar-refractivity contribution in [2.45, 2.75) is 0 Å². The fourth-order valence-corrected chi connectivity index (χ4v) is 4.09. The van der Waals surface area contributed by atoms with Gasteiger partial charge in [0.25, 0.3) is 5.69 Å². The first-order valence-electron chi connectivity index (χ1n) is 12.1. The number of anilines is 1. The van der Waals surface area contributed by atoms with Crippen molar-refractivity contribution in [3.8, 4) is 17.5 Å². The first-order valence-corrected chi connectivity index (χ1v) is 12.1. The number of nitro benzene ring substituents is 1. The molecule has 0 atom stereocenters. The number of esters is 1. The number of carbonyl (C=O) groups excluding carboxylic acids is 1. The van der Waals surface area contributed by atoms with E-state index in [0.717, 1.165) is 11.8 Å². The lowest BCUT2D eigenvalue weighted by atomic mass is 10.1. The van der Waals surface area contributed by atoms with Crippen molar-refractivity contribution in [2.75, 3.05) is 31.2 Å². The van der Waals surface area contributed by atoms with Crippen LogP contribution in [-0.4, -0.2) is 52.0 Å². The maximum Gasteiger partial charge on any atom is 0.343 e. The van der Waals surface area contributed by atoms with Gasteiger partial charge in [0.1, 0.15) is 11.8 Å². The summed E-state index contributed by atoms with van der Waals surface area (Å²) in [6, 6.07) is 23.7. The molecule has 1 fully saturated rings. The Kier molecular flexibility index (Phi) is 7.38. The van der Waals surface area contributed by atoms with E-state index in [4.69, 9.17) is 9.47 Å². The van der Waals surface area contributed by atoms with Crippen molar-refractivity contribution < 1.29 is 19.2 Å². The average Bonchev–Trinajstić information content (AvgIpc) is 3.43. The summed E-state index contributed by atoms with van der Waals surface area (Å²) in [5, 5.41) is 29.8. The number of ether oxygens (including phenoxy) is 2. The van der Waals surface area contributed by atoms with Crippen LogP contribution in [0.1, 0.15) is 21.7 Å². The minimum Gasteiger partial charge on any atom is -0.423 e. The number of benzene rings is 3. The van der Waals surface area contributed by atoms with Gasteiger partial charge in [0.05, 0.1) is 35.0 Å². The molecule has 11 nitrogen and oxygen atoms in total. The van der Waals surface area contributed by atoms with E-state index >= 15 is 0 Å². The third-order valence-corrected chi connectivity index (χ3v) is 6.01. The first kappa shape index (κ1) is 25.3. The SMILES string of the molecule is N#C/C(=C/c1ccc(OC(=O)c2cccc([N+](=O)[O-])c2)cc1)c1nnc(N2CCOCC2)n1-c1ccccc1. The van der Waals surface area contributed by atoms with Crippen molar-refractivity contribution in [3.05, 3.63) is 106 Å². The Morgan fingerprint density at radius 2 is 1.77 bits per heavy atom. The minimum atomic E-state index is -0.716. The molecule has 11 heteroatoms. The summed E-state index contributed by atoms with van der Waals surface area (Å²) in [7, 11) is 0. The standard InChI is InChI=1S/C28H22N6O5/c29-19-22(26-30-31-28(32-13-15-38-16-14-32)33(26)23-6-2-1-3-7-23)17-20-9-11-25(12-10-20)39-27(35)21-5-4-8-24(18-21)34(36)37/h1-12,17-18H,13-16H2/b22-17-. The van der Waals surface area contributed by atoms with Crippen LogP contribution in [0.25, 0.3) is 17.3 Å². The molecule has 3 aromatic carbocycles. The molecule has 0 N–H and O–H groups in total. The fourth-order valence-electron chi connectivity index (χ4n) is 4.09. The molecule has 0 spiro atoms. The van der Waals surface area contributed by atoms with Gasteiger partial charge in [0.2, 0.25) is 5.95 Å². The lowest BCUT2D eigenvalue weighted by Gasteiger charge is -2.28. The molecule has 0 saturated carbocycles. The van der Waals surface area contributed by atoms with Crippen LogP contribution in [-0.2, 0) is 4.74 Å². The Labute approximate surface area is 223 Å². The van der Waals surface area contributed by atoms with Gasteiger partial charge in [0, 0.05) is 25.2 Å². The molecule has 0 unspecified atom stereocenters. The molecule has 1 saturated heterocycles. The Morgan fingerprint density at radius 3 is 2.46 bits per heavy atom. The lowest BCUT2D eigenvalue weighted by Crippen LogP contribution is -2.38. The number of non-ortho nitro benzene ring substituents is 1. The topological polar surface area (TPSA) is 136 Å². The second kappa shape index (κ2) is 11.4. The zero-order valence-corrected chi connectivity index (χ0v) is 20.6. The number of rotatable bonds is 7. The third kappa shape index (κ3) is 5.66. The van der Waals surface area contributed by atoms with E-state index in [9.17, 15) is 20.2 Å². The zero-order chi connectivity index (χ0) is 27.2. The fraction of sp³-hybridized carbons (Fsp3) is 0.143. The third-order valence-electron chi connectivity index (χ3n) is 6.01. The van der Waals surface area contributed by atoms with Gasteiger partial charge in [-0.3, -0.25) is 14.7 Å². The molecule has 1 aromatic heterocycles. The normalized spacial score (nSPS) is 13.5. The highest BCUT2D eigenvalue weighted by Gasteiger charge is 2.23. The van der Waals surface area contributed by atoms with Crippen LogP contribution < -0.4 is 9.64 Å². The zero-order valence-electron chi connectivity index (χ0n) is 20.6. The van der Waals surface area contributed by atoms with Crippen molar-refractivity contribution in [1.82, 2.24) is 14.8 Å². The van der Waals surface area contributed by atoms with Gasteiger partial charge >= 0.3 is 5.97 Å². The maximum atomic E-state index is 12.5. The summed E-state index contributed by atoms with van der Waals surface area (Å²) in [5.41, 5.74) is 1.67. The highest BCUT2D eigenvalue weighted by molar-refractivity contribution is 5.92. The second-order valence-corrected chi connectivity index (χ2v) is 8.53. The molecule has 2 heterocycles. The first-order chi connectivity index (χ1) is 19.0. The molecule has 0 aliphatic carbocycles. The van der Waals surface area contributed by atoms with Crippen molar-refractivity contribution in [3.63, 3.8) is 0 Å². The van der Waals surface area contributed by atoms with Crippen LogP contribution in [0, 0.1) is 21.4 Å². The maximum absolute atomic E-state index is 12.5. The summed E-state index contributed by atoms with van der Waals surface area (Å²) < 4.78 is 12.7. The summed E-state index contributed by atoms with van der Waals surface area (Å²) in [6.07, 6.45) is 1.68. The van der Waals surface area contributed by atoms with Gasteiger partial charge < -0.3 is 14.4 Å². The lowest BCUT2D eigenvalue weighted by molar-refractivity contribution is -0.384. The van der Waals surface area contributed by atoms with E-state index in [0.29, 0.717) is 49.2 Å². The Balaban J connectivity index is 1.41. The van der Waals surface area contributed by atoms with Crippen LogP contribution in [0.2, 0.25) is 0 Å². The number of nitro groups is 1. The van der Waals surface area contributed by atoms with Gasteiger partial charge in [0.15, 0.2) is 5.82 Å². The van der Waals surface area contributed by atoms with Crippen LogP contribution in [0.5, 0.6) is 5.75 Å². The van der Waals surface area contributed by atoms with E-state index in [2.05, 4.69) is 21.2 Å². The van der Waals surface area contributed by atoms with Gasteiger partial charge in [-0.25, -0.2) is 4.79 Å². The van der Waals surface area contributed by atoms with E-state index < -0.39 is 10.9 Å². The Bertz CT molecular complexity index is 1570. The van der Waals surface area contributed by atoms with Gasteiger partial charge in [-0.1, -0.05) is 36.4 Å². The van der Waals surface area contributed by atoms with Crippen LogP contribution in [0.15, 0.2) is 78.9 Å².